The van der Waals surface area contributed by atoms with Crippen LogP contribution in [0.2, 0.25) is 0 Å². The van der Waals surface area contributed by atoms with Gasteiger partial charge in [0.1, 0.15) is 22.9 Å². The first kappa shape index (κ1) is 16.1. The number of amides is 1. The predicted molar refractivity (Wildman–Crippen MR) is 94.1 cm³/mol. The van der Waals surface area contributed by atoms with Crippen LogP contribution in [0.3, 0.4) is 0 Å². The summed E-state index contributed by atoms with van der Waals surface area (Å²) in [6.45, 7) is 1.21. The van der Waals surface area contributed by atoms with Crippen LogP contribution in [0.1, 0.15) is 10.5 Å². The molecule has 4 rings (SSSR count). The molecule has 1 amide bonds. The molecule has 1 N–H and O–H groups in total. The average Bonchev–Trinajstić information content (AvgIpc) is 3.13. The van der Waals surface area contributed by atoms with E-state index in [1.165, 1.54) is 0 Å². The molecule has 1 aliphatic rings. The first-order chi connectivity index (χ1) is 12.7. The molecule has 0 radical (unpaired) electrons. The van der Waals surface area contributed by atoms with Crippen LogP contribution in [0.25, 0.3) is 22.8 Å². The molecule has 3 heterocycles. The third-order valence-corrected chi connectivity index (χ3v) is 4.19. The van der Waals surface area contributed by atoms with Gasteiger partial charge in [-0.25, -0.2) is 9.97 Å². The summed E-state index contributed by atoms with van der Waals surface area (Å²) in [5, 5.41) is 7.30. The van der Waals surface area contributed by atoms with Crippen molar-refractivity contribution in [3.8, 4) is 34.3 Å². The molecule has 0 saturated carbocycles. The summed E-state index contributed by atoms with van der Waals surface area (Å²) < 4.78 is 12.4. The molecule has 8 heteroatoms. The molecule has 1 aromatic carbocycles. The smallest absolute Gasteiger partial charge is 0.269 e. The van der Waals surface area contributed by atoms with E-state index in [0.29, 0.717) is 47.5 Å². The molecule has 26 heavy (non-hydrogen) atoms. The lowest BCUT2D eigenvalue weighted by Crippen LogP contribution is -2.35. The third-order valence-electron chi connectivity index (χ3n) is 4.19. The molecule has 0 fully saturated rings. The van der Waals surface area contributed by atoms with Gasteiger partial charge in [0.05, 0.1) is 32.0 Å². The maximum atomic E-state index is 11.9. The minimum atomic E-state index is -0.126. The van der Waals surface area contributed by atoms with Crippen LogP contribution in [-0.4, -0.2) is 46.4 Å². The summed E-state index contributed by atoms with van der Waals surface area (Å²) in [5.41, 5.74) is 2.51. The summed E-state index contributed by atoms with van der Waals surface area (Å²) >= 11 is 0. The second kappa shape index (κ2) is 6.47. The highest BCUT2D eigenvalue weighted by molar-refractivity contribution is 5.94. The number of aromatic nitrogens is 4. The lowest BCUT2D eigenvalue weighted by atomic mass is 10.1. The van der Waals surface area contributed by atoms with Crippen molar-refractivity contribution < 1.29 is 14.3 Å². The van der Waals surface area contributed by atoms with E-state index in [4.69, 9.17) is 9.47 Å². The Morgan fingerprint density at radius 3 is 2.77 bits per heavy atom. The molecule has 0 aliphatic carbocycles. The van der Waals surface area contributed by atoms with Gasteiger partial charge < -0.3 is 14.8 Å². The average molecular weight is 351 g/mol. The lowest BCUT2D eigenvalue weighted by Gasteiger charge is -2.13. The summed E-state index contributed by atoms with van der Waals surface area (Å²) in [5.74, 6) is 1.70. The van der Waals surface area contributed by atoms with Gasteiger partial charge in [-0.05, 0) is 30.3 Å². The van der Waals surface area contributed by atoms with Crippen molar-refractivity contribution in [3.05, 3.63) is 42.2 Å². The van der Waals surface area contributed by atoms with Crippen molar-refractivity contribution in [1.82, 2.24) is 25.1 Å². The number of ether oxygens (including phenoxy) is 2. The number of nitrogens with zero attached hydrogens (tertiary/aromatic N) is 4. The number of hydrogen-bond acceptors (Lipinski definition) is 6. The Balaban J connectivity index is 1.78. The Morgan fingerprint density at radius 2 is 2.00 bits per heavy atom. The number of nitrogens with one attached hydrogen (secondary N) is 1. The second-order valence-corrected chi connectivity index (χ2v) is 5.73. The molecule has 2 aromatic heterocycles. The van der Waals surface area contributed by atoms with Crippen molar-refractivity contribution in [2.45, 2.75) is 6.54 Å². The molecule has 0 atom stereocenters. The summed E-state index contributed by atoms with van der Waals surface area (Å²) in [6, 6.07) is 8.95. The minimum Gasteiger partial charge on any atom is -0.497 e. The number of methoxy groups -OCH3 is 2. The highest BCUT2D eigenvalue weighted by Crippen LogP contribution is 2.32. The maximum absolute atomic E-state index is 11.9. The minimum absolute atomic E-state index is 0.126. The van der Waals surface area contributed by atoms with E-state index in [1.54, 1.807) is 37.2 Å². The number of hydrogen-bond donors (Lipinski definition) is 1. The zero-order valence-corrected chi connectivity index (χ0v) is 14.4. The second-order valence-electron chi connectivity index (χ2n) is 5.73. The van der Waals surface area contributed by atoms with E-state index in [0.717, 1.165) is 5.56 Å². The Morgan fingerprint density at radius 1 is 1.12 bits per heavy atom. The number of fused-ring (bicyclic) bond motifs is 1. The molecule has 0 saturated heterocycles. The normalized spacial score (nSPS) is 13.1. The van der Waals surface area contributed by atoms with Gasteiger partial charge in [0, 0.05) is 12.7 Å². The van der Waals surface area contributed by atoms with E-state index in [1.807, 2.05) is 18.2 Å². The summed E-state index contributed by atoms with van der Waals surface area (Å²) in [7, 11) is 3.20. The molecule has 132 valence electrons. The fraction of sp³-hybridized carbons (Fsp3) is 0.222. The van der Waals surface area contributed by atoms with Gasteiger partial charge in [0.2, 0.25) is 0 Å². The van der Waals surface area contributed by atoms with Crippen LogP contribution in [0.4, 0.5) is 0 Å². The van der Waals surface area contributed by atoms with Crippen LogP contribution >= 0.6 is 0 Å². The standard InChI is InChI=1S/C18H17N5O3/c1-25-11-3-4-16(26-2)12(9-11)17-19-6-5-13(21-17)14-10-15-18(24)20-7-8-23(15)22-14/h3-6,9-10H,7-8H2,1-2H3,(H,20,24). The number of carbonyl (C=O) groups is 1. The highest BCUT2D eigenvalue weighted by atomic mass is 16.5. The predicted octanol–water partition coefficient (Wildman–Crippen LogP) is 1.77. The van der Waals surface area contributed by atoms with E-state index < -0.39 is 0 Å². The molecule has 0 spiro atoms. The van der Waals surface area contributed by atoms with E-state index >= 15 is 0 Å². The fourth-order valence-electron chi connectivity index (χ4n) is 2.88. The maximum Gasteiger partial charge on any atom is 0.269 e. The van der Waals surface area contributed by atoms with Crippen molar-refractivity contribution in [2.24, 2.45) is 0 Å². The Labute approximate surface area is 149 Å². The number of carbonyl (C=O) groups excluding carboxylic acids is 1. The van der Waals surface area contributed by atoms with Crippen LogP contribution < -0.4 is 14.8 Å². The Bertz CT molecular complexity index is 983. The first-order valence-electron chi connectivity index (χ1n) is 8.11. The van der Waals surface area contributed by atoms with Gasteiger partial charge >= 0.3 is 0 Å². The zero-order chi connectivity index (χ0) is 18.1. The molecular formula is C18H17N5O3. The van der Waals surface area contributed by atoms with Crippen LogP contribution in [0.5, 0.6) is 11.5 Å². The first-order valence-corrected chi connectivity index (χ1v) is 8.11. The topological polar surface area (TPSA) is 91.2 Å². The van der Waals surface area contributed by atoms with Crippen molar-refractivity contribution in [2.75, 3.05) is 20.8 Å². The largest absolute Gasteiger partial charge is 0.497 e. The quantitative estimate of drug-likeness (QED) is 0.770. The molecule has 8 nitrogen and oxygen atoms in total. The number of benzene rings is 1. The van der Waals surface area contributed by atoms with E-state index in [-0.39, 0.29) is 5.91 Å². The fourth-order valence-corrected chi connectivity index (χ4v) is 2.88. The van der Waals surface area contributed by atoms with Crippen LogP contribution in [-0.2, 0) is 6.54 Å². The molecule has 0 bridgehead atoms. The van der Waals surface area contributed by atoms with Crippen molar-refractivity contribution >= 4 is 5.91 Å². The van der Waals surface area contributed by atoms with Gasteiger partial charge in [-0.3, -0.25) is 9.48 Å². The lowest BCUT2D eigenvalue weighted by molar-refractivity contribution is 0.0924. The van der Waals surface area contributed by atoms with E-state index in [9.17, 15) is 4.79 Å². The Kier molecular flexibility index (Phi) is 4.00. The van der Waals surface area contributed by atoms with Gasteiger partial charge in [0.15, 0.2) is 5.82 Å². The molecule has 0 unspecified atom stereocenters. The molecular weight excluding hydrogens is 334 g/mol. The van der Waals surface area contributed by atoms with Crippen LogP contribution in [0, 0.1) is 0 Å². The molecule has 3 aromatic rings. The van der Waals surface area contributed by atoms with Crippen molar-refractivity contribution in [1.29, 1.82) is 0 Å². The van der Waals surface area contributed by atoms with E-state index in [2.05, 4.69) is 20.4 Å². The zero-order valence-electron chi connectivity index (χ0n) is 14.4. The van der Waals surface area contributed by atoms with Gasteiger partial charge in [-0.2, -0.15) is 5.10 Å². The van der Waals surface area contributed by atoms with Crippen LogP contribution in [0.15, 0.2) is 36.5 Å². The SMILES string of the molecule is COc1ccc(OC)c(-c2nccc(-c3cc4n(n3)CCNC4=O)n2)c1. The summed E-state index contributed by atoms with van der Waals surface area (Å²) in [4.78, 5) is 20.9. The highest BCUT2D eigenvalue weighted by Gasteiger charge is 2.21. The van der Waals surface area contributed by atoms with Gasteiger partial charge in [-0.15, -0.1) is 0 Å². The number of rotatable bonds is 4. The third kappa shape index (κ3) is 2.75. The molecule has 1 aliphatic heterocycles. The van der Waals surface area contributed by atoms with Gasteiger partial charge in [-0.1, -0.05) is 0 Å². The monoisotopic (exact) mass is 351 g/mol. The summed E-state index contributed by atoms with van der Waals surface area (Å²) in [6.07, 6.45) is 1.66. The Hall–Kier alpha value is -3.42. The van der Waals surface area contributed by atoms with Crippen molar-refractivity contribution in [3.63, 3.8) is 0 Å². The van der Waals surface area contributed by atoms with Gasteiger partial charge in [0.25, 0.3) is 5.91 Å².